The van der Waals surface area contributed by atoms with Gasteiger partial charge >= 0.3 is 0 Å². The third-order valence-electron chi connectivity index (χ3n) is 3.58. The highest BCUT2D eigenvalue weighted by Crippen LogP contribution is 2.15. The van der Waals surface area contributed by atoms with Crippen LogP contribution in [0.3, 0.4) is 0 Å². The zero-order valence-electron chi connectivity index (χ0n) is 13.7. The van der Waals surface area contributed by atoms with Crippen LogP contribution in [0, 0.1) is 11.3 Å². The van der Waals surface area contributed by atoms with Gasteiger partial charge in [0.1, 0.15) is 11.6 Å². The van der Waals surface area contributed by atoms with Crippen molar-refractivity contribution in [3.05, 3.63) is 77.5 Å². The summed E-state index contributed by atoms with van der Waals surface area (Å²) in [4.78, 5) is 23.7. The Balaban J connectivity index is 2.11. The van der Waals surface area contributed by atoms with Gasteiger partial charge in [-0.1, -0.05) is 42.5 Å². The summed E-state index contributed by atoms with van der Waals surface area (Å²) >= 11 is 0. The fourth-order valence-electron chi connectivity index (χ4n) is 2.22. The number of nitrogens with zero attached hydrogens (tertiary/aromatic N) is 1. The predicted molar refractivity (Wildman–Crippen MR) is 95.3 cm³/mol. The van der Waals surface area contributed by atoms with Crippen molar-refractivity contribution in [1.29, 1.82) is 5.26 Å². The number of nitriles is 1. The van der Waals surface area contributed by atoms with E-state index in [-0.39, 0.29) is 17.2 Å². The molecule has 0 aromatic heterocycles. The van der Waals surface area contributed by atoms with Gasteiger partial charge in [-0.05, 0) is 24.6 Å². The average molecular weight is 334 g/mol. The quantitative estimate of drug-likeness (QED) is 0.557. The molecule has 0 aliphatic rings. The highest BCUT2D eigenvalue weighted by Gasteiger charge is 2.14. The molecule has 0 aliphatic carbocycles. The lowest BCUT2D eigenvalue weighted by Gasteiger charge is -2.14. The smallest absolute Gasteiger partial charge is 0.263 e. The number of anilines is 1. The summed E-state index contributed by atoms with van der Waals surface area (Å²) in [6.07, 6.45) is 1.26. The Labute approximate surface area is 146 Å². The zero-order chi connectivity index (χ0) is 18.2. The Morgan fingerprint density at radius 3 is 2.40 bits per heavy atom. The van der Waals surface area contributed by atoms with Crippen LogP contribution >= 0.6 is 0 Å². The van der Waals surface area contributed by atoms with Crippen LogP contribution in [0.5, 0.6) is 0 Å². The third-order valence-corrected chi connectivity index (χ3v) is 3.58. The molecular formula is C19H18N4O2. The van der Waals surface area contributed by atoms with Crippen molar-refractivity contribution in [1.82, 2.24) is 5.32 Å². The number of amides is 2. The molecule has 25 heavy (non-hydrogen) atoms. The first kappa shape index (κ1) is 17.8. The van der Waals surface area contributed by atoms with Crippen molar-refractivity contribution in [2.75, 3.05) is 5.32 Å². The van der Waals surface area contributed by atoms with Crippen LogP contribution in [0.1, 0.15) is 28.9 Å². The Kier molecular flexibility index (Phi) is 5.91. The fraction of sp³-hybridized carbons (Fsp3) is 0.105. The molecule has 0 aliphatic heterocycles. The second-order valence-corrected chi connectivity index (χ2v) is 5.33. The number of hydrogen-bond donors (Lipinski definition) is 3. The summed E-state index contributed by atoms with van der Waals surface area (Å²) in [5.74, 6) is -1.11. The summed E-state index contributed by atoms with van der Waals surface area (Å²) in [5, 5.41) is 14.8. The molecule has 2 aromatic carbocycles. The third kappa shape index (κ3) is 4.69. The molecule has 2 aromatic rings. The van der Waals surface area contributed by atoms with Crippen molar-refractivity contribution in [3.8, 4) is 6.07 Å². The number of para-hydroxylation sites is 1. The lowest BCUT2D eigenvalue weighted by Crippen LogP contribution is -2.28. The number of nitrogens with one attached hydrogen (secondary N) is 2. The first-order valence-corrected chi connectivity index (χ1v) is 7.64. The van der Waals surface area contributed by atoms with Crippen LogP contribution in [0.15, 0.2) is 66.4 Å². The number of carbonyl (C=O) groups excluding carboxylic acids is 2. The standard InChI is InChI=1S/C19H18N4O2/c1-13(14-7-3-2-4-8-14)23-19(25)15(11-20)12-22-17-10-6-5-9-16(17)18(21)24/h2-10,12-13,22H,1H3,(H2,21,24)(H,23,25)/b15-12-. The highest BCUT2D eigenvalue weighted by molar-refractivity contribution is 6.00. The van der Waals surface area contributed by atoms with Gasteiger partial charge in [0.05, 0.1) is 17.3 Å². The molecule has 1 unspecified atom stereocenters. The van der Waals surface area contributed by atoms with Crippen LogP contribution in [0.2, 0.25) is 0 Å². The predicted octanol–water partition coefficient (Wildman–Crippen LogP) is 2.48. The molecule has 0 bridgehead atoms. The number of benzene rings is 2. The highest BCUT2D eigenvalue weighted by atomic mass is 16.2. The first-order chi connectivity index (χ1) is 12.0. The summed E-state index contributed by atoms with van der Waals surface area (Å²) in [6, 6.07) is 17.6. The van der Waals surface area contributed by atoms with E-state index in [9.17, 15) is 14.9 Å². The Morgan fingerprint density at radius 1 is 1.12 bits per heavy atom. The van der Waals surface area contributed by atoms with Crippen LogP contribution in [0.25, 0.3) is 0 Å². The van der Waals surface area contributed by atoms with Gasteiger partial charge in [0.25, 0.3) is 11.8 Å². The lowest BCUT2D eigenvalue weighted by atomic mass is 10.1. The number of rotatable bonds is 6. The molecular weight excluding hydrogens is 316 g/mol. The minimum atomic E-state index is -0.600. The first-order valence-electron chi connectivity index (χ1n) is 7.64. The minimum Gasteiger partial charge on any atom is -0.366 e. The van der Waals surface area contributed by atoms with Gasteiger partial charge < -0.3 is 16.4 Å². The van der Waals surface area contributed by atoms with Crippen molar-refractivity contribution in [3.63, 3.8) is 0 Å². The van der Waals surface area contributed by atoms with Gasteiger partial charge in [0.15, 0.2) is 0 Å². The van der Waals surface area contributed by atoms with E-state index in [1.54, 1.807) is 24.3 Å². The molecule has 0 saturated heterocycles. The molecule has 0 saturated carbocycles. The van der Waals surface area contributed by atoms with Gasteiger partial charge in [-0.25, -0.2) is 0 Å². The molecule has 4 N–H and O–H groups in total. The fourth-order valence-corrected chi connectivity index (χ4v) is 2.22. The minimum absolute atomic E-state index is 0.109. The van der Waals surface area contributed by atoms with E-state index in [0.717, 1.165) is 5.56 Å². The van der Waals surface area contributed by atoms with Crippen LogP contribution in [0.4, 0.5) is 5.69 Å². The van der Waals surface area contributed by atoms with E-state index < -0.39 is 11.8 Å². The van der Waals surface area contributed by atoms with E-state index in [1.165, 1.54) is 6.20 Å². The second kappa shape index (κ2) is 8.31. The maximum atomic E-state index is 12.3. The Morgan fingerprint density at radius 2 is 1.76 bits per heavy atom. The molecule has 6 heteroatoms. The van der Waals surface area contributed by atoms with E-state index in [2.05, 4.69) is 10.6 Å². The SMILES string of the molecule is CC(NC(=O)/C(C#N)=C\Nc1ccccc1C(N)=O)c1ccccc1. The lowest BCUT2D eigenvalue weighted by molar-refractivity contribution is -0.117. The molecule has 0 fully saturated rings. The monoisotopic (exact) mass is 334 g/mol. The molecule has 126 valence electrons. The van der Waals surface area contributed by atoms with Gasteiger partial charge in [0.2, 0.25) is 0 Å². The van der Waals surface area contributed by atoms with Gasteiger partial charge in [-0.3, -0.25) is 9.59 Å². The zero-order valence-corrected chi connectivity index (χ0v) is 13.7. The van der Waals surface area contributed by atoms with Crippen molar-refractivity contribution < 1.29 is 9.59 Å². The van der Waals surface area contributed by atoms with E-state index in [4.69, 9.17) is 5.73 Å². The van der Waals surface area contributed by atoms with Crippen LogP contribution in [-0.2, 0) is 4.79 Å². The summed E-state index contributed by atoms with van der Waals surface area (Å²) in [7, 11) is 0. The van der Waals surface area contributed by atoms with Gasteiger partial charge in [0, 0.05) is 6.20 Å². The number of nitrogens with two attached hydrogens (primary N) is 1. The van der Waals surface area contributed by atoms with Crippen molar-refractivity contribution in [2.45, 2.75) is 13.0 Å². The van der Waals surface area contributed by atoms with Crippen molar-refractivity contribution in [2.24, 2.45) is 5.73 Å². The van der Waals surface area contributed by atoms with Gasteiger partial charge in [-0.15, -0.1) is 0 Å². The normalized spacial score (nSPS) is 11.9. The van der Waals surface area contributed by atoms with Crippen LogP contribution in [-0.4, -0.2) is 11.8 Å². The molecule has 0 radical (unpaired) electrons. The molecule has 0 heterocycles. The second-order valence-electron chi connectivity index (χ2n) is 5.33. The average Bonchev–Trinajstić information content (AvgIpc) is 2.63. The molecule has 2 amide bonds. The maximum absolute atomic E-state index is 12.3. The summed E-state index contributed by atoms with van der Waals surface area (Å²) in [6.45, 7) is 1.83. The van der Waals surface area contributed by atoms with E-state index >= 15 is 0 Å². The number of hydrogen-bond acceptors (Lipinski definition) is 4. The molecule has 2 rings (SSSR count). The number of carbonyl (C=O) groups is 2. The molecule has 6 nitrogen and oxygen atoms in total. The van der Waals surface area contributed by atoms with Gasteiger partial charge in [-0.2, -0.15) is 5.26 Å². The largest absolute Gasteiger partial charge is 0.366 e. The summed E-state index contributed by atoms with van der Waals surface area (Å²) in [5.41, 5.74) is 6.82. The maximum Gasteiger partial charge on any atom is 0.263 e. The summed E-state index contributed by atoms with van der Waals surface area (Å²) < 4.78 is 0. The molecule has 0 spiro atoms. The topological polar surface area (TPSA) is 108 Å². The number of primary amides is 1. The van der Waals surface area contributed by atoms with E-state index in [0.29, 0.717) is 5.69 Å². The molecule has 1 atom stereocenters. The van der Waals surface area contributed by atoms with E-state index in [1.807, 2.05) is 43.3 Å². The Hall–Kier alpha value is -3.59. The van der Waals surface area contributed by atoms with Crippen molar-refractivity contribution >= 4 is 17.5 Å². The Bertz CT molecular complexity index is 838. The van der Waals surface area contributed by atoms with Crippen LogP contribution < -0.4 is 16.4 Å².